The Morgan fingerprint density at radius 1 is 1.39 bits per heavy atom. The number of hydrogen-bond donors (Lipinski definition) is 2. The molecule has 2 N–H and O–H groups in total. The summed E-state index contributed by atoms with van der Waals surface area (Å²) in [5.74, 6) is -2.44. The average Bonchev–Trinajstić information content (AvgIpc) is 3.04. The molecule has 124 valence electrons. The topological polar surface area (TPSA) is 58.6 Å². The number of nitrogens with one attached hydrogen (secondary N) is 1. The molecule has 7 heteroatoms. The minimum atomic E-state index is -1.19. The van der Waals surface area contributed by atoms with Crippen LogP contribution in [0.4, 0.5) is 8.78 Å². The van der Waals surface area contributed by atoms with Crippen LogP contribution in [0.5, 0.6) is 5.75 Å². The lowest BCUT2D eigenvalue weighted by Gasteiger charge is -2.23. The number of benzene rings is 1. The summed E-state index contributed by atoms with van der Waals surface area (Å²) in [6.07, 6.45) is -0.918. The average molecular weight is 341 g/mol. The molecule has 1 aromatic carbocycles. The summed E-state index contributed by atoms with van der Waals surface area (Å²) in [6.45, 7) is 3.09. The standard InChI is InChI=1S/C16H17F2NO3S/c1-10(22-11-5-6-12(17)13(18)8-11)15(20)19-9-16(2,21)14-4-3-7-23-14/h3-8,10,21H,9H2,1-2H3,(H,19,20). The second-order valence-corrected chi connectivity index (χ2v) is 6.25. The van der Waals surface area contributed by atoms with Crippen LogP contribution in [0.2, 0.25) is 0 Å². The van der Waals surface area contributed by atoms with Gasteiger partial charge in [0.15, 0.2) is 17.7 Å². The molecular formula is C16H17F2NO3S. The van der Waals surface area contributed by atoms with Crippen LogP contribution in [0.3, 0.4) is 0 Å². The summed E-state index contributed by atoms with van der Waals surface area (Å²) in [7, 11) is 0. The Kier molecular flexibility index (Phi) is 5.33. The van der Waals surface area contributed by atoms with Gasteiger partial charge in [-0.05, 0) is 37.4 Å². The molecule has 0 radical (unpaired) electrons. The van der Waals surface area contributed by atoms with Crippen LogP contribution < -0.4 is 10.1 Å². The van der Waals surface area contributed by atoms with E-state index in [2.05, 4.69) is 5.32 Å². The Hall–Kier alpha value is -1.99. The molecule has 0 aliphatic carbocycles. The SMILES string of the molecule is CC(Oc1ccc(F)c(F)c1)C(=O)NCC(C)(O)c1cccs1. The monoisotopic (exact) mass is 341 g/mol. The van der Waals surface area contributed by atoms with Crippen LogP contribution in [0.15, 0.2) is 35.7 Å². The summed E-state index contributed by atoms with van der Waals surface area (Å²) < 4.78 is 31.2. The Morgan fingerprint density at radius 3 is 2.74 bits per heavy atom. The molecule has 2 rings (SSSR count). The van der Waals surface area contributed by atoms with Crippen LogP contribution in [-0.4, -0.2) is 23.7 Å². The van der Waals surface area contributed by atoms with E-state index in [4.69, 9.17) is 4.74 Å². The van der Waals surface area contributed by atoms with E-state index in [1.165, 1.54) is 24.3 Å². The van der Waals surface area contributed by atoms with Gasteiger partial charge in [-0.3, -0.25) is 4.79 Å². The lowest BCUT2D eigenvalue weighted by Crippen LogP contribution is -2.43. The van der Waals surface area contributed by atoms with Crippen molar-refractivity contribution in [2.75, 3.05) is 6.54 Å². The Labute approximate surface area is 136 Å². The second kappa shape index (κ2) is 7.06. The highest BCUT2D eigenvalue weighted by Crippen LogP contribution is 2.24. The van der Waals surface area contributed by atoms with Crippen molar-refractivity contribution in [3.8, 4) is 5.75 Å². The molecule has 0 saturated carbocycles. The molecule has 0 spiro atoms. The van der Waals surface area contributed by atoms with Gasteiger partial charge in [0.25, 0.3) is 5.91 Å². The molecule has 2 unspecified atom stereocenters. The molecule has 1 aromatic heterocycles. The number of carbonyl (C=O) groups is 1. The number of hydrogen-bond acceptors (Lipinski definition) is 4. The van der Waals surface area contributed by atoms with Gasteiger partial charge >= 0.3 is 0 Å². The highest BCUT2D eigenvalue weighted by atomic mass is 32.1. The van der Waals surface area contributed by atoms with Crippen LogP contribution in [0.25, 0.3) is 0 Å². The fraction of sp³-hybridized carbons (Fsp3) is 0.312. The van der Waals surface area contributed by atoms with E-state index in [0.29, 0.717) is 0 Å². The highest BCUT2D eigenvalue weighted by Gasteiger charge is 2.26. The smallest absolute Gasteiger partial charge is 0.260 e. The Balaban J connectivity index is 1.91. The number of carbonyl (C=O) groups excluding carboxylic acids is 1. The van der Waals surface area contributed by atoms with E-state index in [-0.39, 0.29) is 12.3 Å². The van der Waals surface area contributed by atoms with Crippen molar-refractivity contribution in [1.82, 2.24) is 5.32 Å². The molecular weight excluding hydrogens is 324 g/mol. The van der Waals surface area contributed by atoms with Gasteiger partial charge in [0, 0.05) is 10.9 Å². The summed E-state index contributed by atoms with van der Waals surface area (Å²) in [5.41, 5.74) is -1.19. The van der Waals surface area contributed by atoms with Gasteiger partial charge in [-0.25, -0.2) is 8.78 Å². The van der Waals surface area contributed by atoms with E-state index in [0.717, 1.165) is 17.0 Å². The van der Waals surface area contributed by atoms with E-state index in [1.54, 1.807) is 13.0 Å². The molecule has 0 fully saturated rings. The second-order valence-electron chi connectivity index (χ2n) is 5.30. The summed E-state index contributed by atoms with van der Waals surface area (Å²) in [4.78, 5) is 12.7. The van der Waals surface area contributed by atoms with Crippen LogP contribution in [-0.2, 0) is 10.4 Å². The van der Waals surface area contributed by atoms with Crippen molar-refractivity contribution < 1.29 is 23.4 Å². The third kappa shape index (κ3) is 4.49. The molecule has 0 saturated heterocycles. The zero-order chi connectivity index (χ0) is 17.0. The summed E-state index contributed by atoms with van der Waals surface area (Å²) in [6, 6.07) is 6.63. The number of aliphatic hydroxyl groups is 1. The molecule has 2 aromatic rings. The number of ether oxygens (including phenoxy) is 1. The number of amides is 1. The molecule has 0 bridgehead atoms. The molecule has 0 aliphatic rings. The van der Waals surface area contributed by atoms with E-state index < -0.39 is 29.2 Å². The first-order valence-corrected chi connectivity index (χ1v) is 7.83. The van der Waals surface area contributed by atoms with Gasteiger partial charge < -0.3 is 15.2 Å². The van der Waals surface area contributed by atoms with Crippen LogP contribution in [0, 0.1) is 11.6 Å². The summed E-state index contributed by atoms with van der Waals surface area (Å²) in [5, 5.41) is 14.7. The number of rotatable bonds is 6. The maximum absolute atomic E-state index is 13.1. The van der Waals surface area contributed by atoms with Crippen LogP contribution >= 0.6 is 11.3 Å². The summed E-state index contributed by atoms with van der Waals surface area (Å²) >= 11 is 1.39. The first-order valence-electron chi connectivity index (χ1n) is 6.95. The lowest BCUT2D eigenvalue weighted by atomic mass is 10.1. The molecule has 23 heavy (non-hydrogen) atoms. The fourth-order valence-electron chi connectivity index (χ4n) is 1.88. The largest absolute Gasteiger partial charge is 0.481 e. The van der Waals surface area contributed by atoms with Gasteiger partial charge in [0.1, 0.15) is 11.4 Å². The van der Waals surface area contributed by atoms with Crippen molar-refractivity contribution in [3.05, 3.63) is 52.2 Å². The molecule has 1 heterocycles. The van der Waals surface area contributed by atoms with Gasteiger partial charge in [0.2, 0.25) is 0 Å². The minimum absolute atomic E-state index is 0.0117. The molecule has 4 nitrogen and oxygen atoms in total. The van der Waals surface area contributed by atoms with Crippen molar-refractivity contribution in [3.63, 3.8) is 0 Å². The zero-order valence-corrected chi connectivity index (χ0v) is 13.5. The van der Waals surface area contributed by atoms with Gasteiger partial charge in [-0.2, -0.15) is 0 Å². The lowest BCUT2D eigenvalue weighted by molar-refractivity contribution is -0.128. The molecule has 1 amide bonds. The van der Waals surface area contributed by atoms with Gasteiger partial charge in [0.05, 0.1) is 6.54 Å². The maximum atomic E-state index is 13.1. The first kappa shape index (κ1) is 17.4. The number of thiophene rings is 1. The van der Waals surface area contributed by atoms with E-state index in [1.807, 2.05) is 11.4 Å². The molecule has 0 aliphatic heterocycles. The predicted molar refractivity (Wildman–Crippen MR) is 83.3 cm³/mol. The maximum Gasteiger partial charge on any atom is 0.260 e. The Bertz CT molecular complexity index is 674. The van der Waals surface area contributed by atoms with Crippen molar-refractivity contribution in [1.29, 1.82) is 0 Å². The third-order valence-corrected chi connectivity index (χ3v) is 4.35. The quantitative estimate of drug-likeness (QED) is 0.849. The van der Waals surface area contributed by atoms with Crippen molar-refractivity contribution in [2.24, 2.45) is 0 Å². The van der Waals surface area contributed by atoms with Crippen molar-refractivity contribution in [2.45, 2.75) is 25.6 Å². The third-order valence-electron chi connectivity index (χ3n) is 3.23. The van der Waals surface area contributed by atoms with Crippen molar-refractivity contribution >= 4 is 17.2 Å². The van der Waals surface area contributed by atoms with Gasteiger partial charge in [-0.1, -0.05) is 6.07 Å². The molecule has 2 atom stereocenters. The van der Waals surface area contributed by atoms with E-state index in [9.17, 15) is 18.7 Å². The normalized spacial score (nSPS) is 14.8. The number of halogens is 2. The van der Waals surface area contributed by atoms with Crippen LogP contribution in [0.1, 0.15) is 18.7 Å². The highest BCUT2D eigenvalue weighted by molar-refractivity contribution is 7.10. The zero-order valence-electron chi connectivity index (χ0n) is 12.7. The van der Waals surface area contributed by atoms with Gasteiger partial charge in [-0.15, -0.1) is 11.3 Å². The predicted octanol–water partition coefficient (Wildman–Crippen LogP) is 2.82. The minimum Gasteiger partial charge on any atom is -0.481 e. The fourth-order valence-corrected chi connectivity index (χ4v) is 2.67. The first-order chi connectivity index (χ1) is 10.8. The van der Waals surface area contributed by atoms with E-state index >= 15 is 0 Å². The Morgan fingerprint density at radius 2 is 2.13 bits per heavy atom.